The van der Waals surface area contributed by atoms with E-state index in [-0.39, 0.29) is 29.8 Å². The molecule has 2 atom stereocenters. The smallest absolute Gasteiger partial charge is 0.310 e. The summed E-state index contributed by atoms with van der Waals surface area (Å²) in [6, 6.07) is 5.79. The van der Waals surface area contributed by atoms with Gasteiger partial charge < -0.3 is 9.57 Å². The number of hydrogen-bond donors (Lipinski definition) is 0. The monoisotopic (exact) mass is 473 g/mol. The molecule has 138 valence electrons. The van der Waals surface area contributed by atoms with Crippen LogP contribution in [0.25, 0.3) is 0 Å². The Morgan fingerprint density at radius 2 is 1.96 bits per heavy atom. The molecule has 0 saturated heterocycles. The summed E-state index contributed by atoms with van der Waals surface area (Å²) >= 11 is 6.97. The van der Waals surface area contributed by atoms with Crippen molar-refractivity contribution < 1.29 is 14.4 Å². The lowest BCUT2D eigenvalue weighted by Crippen LogP contribution is -2.11. The van der Waals surface area contributed by atoms with Crippen LogP contribution in [0.3, 0.4) is 0 Å². The van der Waals surface area contributed by atoms with E-state index >= 15 is 0 Å². The van der Waals surface area contributed by atoms with Crippen LogP contribution in [-0.2, 0) is 21.0 Å². The Balaban J connectivity index is 1.84. The lowest BCUT2D eigenvalue weighted by atomic mass is 10.1. The van der Waals surface area contributed by atoms with Crippen LogP contribution in [0, 0.1) is 17.3 Å². The number of carbonyl (C=O) groups is 1. The number of carbonyl (C=O) groups excluding carboxylic acids is 1. The Bertz CT molecular complexity index is 611. The molecule has 2 unspecified atom stereocenters. The van der Waals surface area contributed by atoms with Crippen LogP contribution in [0.1, 0.15) is 45.6 Å². The lowest BCUT2D eigenvalue weighted by Gasteiger charge is -2.09. The van der Waals surface area contributed by atoms with Gasteiger partial charge in [-0.2, -0.15) is 0 Å². The van der Waals surface area contributed by atoms with Gasteiger partial charge in [0.2, 0.25) is 0 Å². The molecule has 0 spiro atoms. The zero-order valence-corrected chi connectivity index (χ0v) is 18.1. The van der Waals surface area contributed by atoms with Gasteiger partial charge in [0, 0.05) is 26.6 Å². The summed E-state index contributed by atoms with van der Waals surface area (Å²) in [5, 5.41) is 4.03. The molecule has 0 aliphatic heterocycles. The predicted molar refractivity (Wildman–Crippen MR) is 106 cm³/mol. The van der Waals surface area contributed by atoms with Gasteiger partial charge in [-0.15, -0.1) is 0 Å². The standard InChI is InChI=1S/C19H25Br2NO3/c1-4-5-6-10-25-22-11-14-17(19(14,2)3)18(23)24-12-13-15(20)8-7-9-16(13)21/h7-9,11,14,17H,4-6,10,12H2,1-3H3. The summed E-state index contributed by atoms with van der Waals surface area (Å²) in [6.45, 7) is 7.13. The number of esters is 1. The minimum atomic E-state index is -0.185. The van der Waals surface area contributed by atoms with Crippen LogP contribution in [0.4, 0.5) is 0 Å². The van der Waals surface area contributed by atoms with E-state index in [0.29, 0.717) is 6.61 Å². The first-order valence-corrected chi connectivity index (χ1v) is 10.2. The fourth-order valence-corrected chi connectivity index (χ4v) is 4.11. The van der Waals surface area contributed by atoms with Crippen LogP contribution in [-0.4, -0.2) is 18.8 Å². The van der Waals surface area contributed by atoms with Gasteiger partial charge in [0.1, 0.15) is 13.2 Å². The number of oxime groups is 1. The average molecular weight is 475 g/mol. The van der Waals surface area contributed by atoms with E-state index in [1.807, 2.05) is 18.2 Å². The molecule has 0 aromatic heterocycles. The number of ether oxygens (including phenoxy) is 1. The molecule has 1 aromatic rings. The van der Waals surface area contributed by atoms with E-state index < -0.39 is 0 Å². The third-order valence-electron chi connectivity index (χ3n) is 4.72. The fraction of sp³-hybridized carbons (Fsp3) is 0.579. The van der Waals surface area contributed by atoms with Crippen molar-refractivity contribution in [2.24, 2.45) is 22.4 Å². The first kappa shape index (κ1) is 20.4. The number of unbranched alkanes of at least 4 members (excludes halogenated alkanes) is 2. The van der Waals surface area contributed by atoms with Crippen LogP contribution in [0.5, 0.6) is 0 Å². The molecule has 1 aromatic carbocycles. The van der Waals surface area contributed by atoms with Gasteiger partial charge in [0.15, 0.2) is 0 Å². The molecular formula is C19H25Br2NO3. The topological polar surface area (TPSA) is 47.9 Å². The van der Waals surface area contributed by atoms with Gasteiger partial charge >= 0.3 is 5.97 Å². The fourth-order valence-electron chi connectivity index (χ4n) is 2.89. The van der Waals surface area contributed by atoms with E-state index in [4.69, 9.17) is 9.57 Å². The predicted octanol–water partition coefficient (Wildman–Crippen LogP) is 5.72. The molecule has 4 nitrogen and oxygen atoms in total. The van der Waals surface area contributed by atoms with Crippen molar-refractivity contribution in [3.8, 4) is 0 Å². The second-order valence-electron chi connectivity index (χ2n) is 6.93. The van der Waals surface area contributed by atoms with Crippen molar-refractivity contribution in [3.63, 3.8) is 0 Å². The van der Waals surface area contributed by atoms with Gasteiger partial charge in [-0.25, -0.2) is 0 Å². The molecule has 1 aliphatic rings. The number of hydrogen-bond acceptors (Lipinski definition) is 4. The number of halogens is 2. The molecular weight excluding hydrogens is 450 g/mol. The summed E-state index contributed by atoms with van der Waals surface area (Å²) < 4.78 is 7.38. The van der Waals surface area contributed by atoms with Crippen molar-refractivity contribution in [1.29, 1.82) is 0 Å². The molecule has 0 bridgehead atoms. The second-order valence-corrected chi connectivity index (χ2v) is 8.64. The molecule has 25 heavy (non-hydrogen) atoms. The molecule has 0 heterocycles. The maximum absolute atomic E-state index is 12.4. The molecule has 0 N–H and O–H groups in total. The van der Waals surface area contributed by atoms with E-state index in [1.54, 1.807) is 6.21 Å². The first-order chi connectivity index (χ1) is 11.9. The summed E-state index contributed by atoms with van der Waals surface area (Å²) in [5.41, 5.74) is 0.789. The van der Waals surface area contributed by atoms with Gasteiger partial charge in [0.25, 0.3) is 0 Å². The highest BCUT2D eigenvalue weighted by Crippen LogP contribution is 2.57. The van der Waals surface area contributed by atoms with E-state index in [0.717, 1.165) is 33.8 Å². The van der Waals surface area contributed by atoms with Crippen molar-refractivity contribution in [2.45, 2.75) is 46.6 Å². The Morgan fingerprint density at radius 1 is 1.28 bits per heavy atom. The minimum absolute atomic E-state index is 0.0637. The highest BCUT2D eigenvalue weighted by Gasteiger charge is 2.62. The third-order valence-corrected chi connectivity index (χ3v) is 6.21. The summed E-state index contributed by atoms with van der Waals surface area (Å²) in [4.78, 5) is 17.7. The number of rotatable bonds is 9. The van der Waals surface area contributed by atoms with Gasteiger partial charge in [-0.05, 0) is 24.0 Å². The van der Waals surface area contributed by atoms with Crippen LogP contribution in [0.15, 0.2) is 32.3 Å². The summed E-state index contributed by atoms with van der Waals surface area (Å²) in [7, 11) is 0. The van der Waals surface area contributed by atoms with Gasteiger partial charge in [0.05, 0.1) is 5.92 Å². The Labute approximate surface area is 166 Å². The minimum Gasteiger partial charge on any atom is -0.460 e. The van der Waals surface area contributed by atoms with Crippen molar-refractivity contribution in [2.75, 3.05) is 6.61 Å². The largest absolute Gasteiger partial charge is 0.460 e. The van der Waals surface area contributed by atoms with Crippen molar-refractivity contribution in [3.05, 3.63) is 32.7 Å². The maximum Gasteiger partial charge on any atom is 0.310 e. The highest BCUT2D eigenvalue weighted by atomic mass is 79.9. The Morgan fingerprint density at radius 3 is 2.60 bits per heavy atom. The van der Waals surface area contributed by atoms with E-state index in [2.05, 4.69) is 57.8 Å². The van der Waals surface area contributed by atoms with E-state index in [9.17, 15) is 4.79 Å². The third kappa shape index (κ3) is 5.30. The Hall–Kier alpha value is -0.880. The van der Waals surface area contributed by atoms with Crippen molar-refractivity contribution in [1.82, 2.24) is 0 Å². The molecule has 2 rings (SSSR count). The number of nitrogens with zero attached hydrogens (tertiary/aromatic N) is 1. The molecule has 0 amide bonds. The molecule has 1 fully saturated rings. The molecule has 6 heteroatoms. The maximum atomic E-state index is 12.4. The second kappa shape index (κ2) is 9.17. The lowest BCUT2D eigenvalue weighted by molar-refractivity contribution is -0.147. The van der Waals surface area contributed by atoms with Crippen LogP contribution >= 0.6 is 31.9 Å². The van der Waals surface area contributed by atoms with Gasteiger partial charge in [-0.3, -0.25) is 4.79 Å². The quantitative estimate of drug-likeness (QED) is 0.199. The van der Waals surface area contributed by atoms with Crippen LogP contribution < -0.4 is 0 Å². The van der Waals surface area contributed by atoms with Gasteiger partial charge in [-0.1, -0.05) is 76.7 Å². The molecule has 1 saturated carbocycles. The highest BCUT2D eigenvalue weighted by molar-refractivity contribution is 9.11. The Kier molecular flexibility index (Phi) is 7.50. The first-order valence-electron chi connectivity index (χ1n) is 8.64. The normalized spacial score (nSPS) is 21.3. The number of benzene rings is 1. The SMILES string of the molecule is CCCCCON=CC1C(C(=O)OCc2c(Br)cccc2Br)C1(C)C. The zero-order valence-electron chi connectivity index (χ0n) is 14.9. The molecule has 0 radical (unpaired) electrons. The van der Waals surface area contributed by atoms with Crippen LogP contribution in [0.2, 0.25) is 0 Å². The summed E-state index contributed by atoms with van der Waals surface area (Å²) in [6.07, 6.45) is 5.06. The summed E-state index contributed by atoms with van der Waals surface area (Å²) in [5.74, 6) is -0.291. The van der Waals surface area contributed by atoms with E-state index in [1.165, 1.54) is 0 Å². The zero-order chi connectivity index (χ0) is 18.4. The van der Waals surface area contributed by atoms with Crippen molar-refractivity contribution >= 4 is 44.0 Å². The average Bonchev–Trinajstić information content (AvgIpc) is 3.11. The molecule has 1 aliphatic carbocycles.